The zero-order chi connectivity index (χ0) is 29.1. The molecule has 1 N–H and O–H groups in total. The van der Waals surface area contributed by atoms with E-state index in [4.69, 9.17) is 27.9 Å². The zero-order valence-electron chi connectivity index (χ0n) is 21.5. The number of carbonyl (C=O) groups is 2. The number of aliphatic hydroxyl groups excluding tert-OH is 1. The summed E-state index contributed by atoms with van der Waals surface area (Å²) in [6, 6.07) is 16.4. The summed E-state index contributed by atoms with van der Waals surface area (Å²) in [5, 5.41) is 20.4. The Kier molecular flexibility index (Phi) is 8.94. The molecule has 41 heavy (non-hydrogen) atoms. The van der Waals surface area contributed by atoms with Gasteiger partial charge in [-0.05, 0) is 66.1 Å². The molecule has 0 radical (unpaired) electrons. The molecule has 7 nitrogen and oxygen atoms in total. The van der Waals surface area contributed by atoms with E-state index in [1.807, 2.05) is 6.92 Å². The summed E-state index contributed by atoms with van der Waals surface area (Å²) in [6.45, 7) is 2.53. The van der Waals surface area contributed by atoms with E-state index in [-0.39, 0.29) is 27.3 Å². The van der Waals surface area contributed by atoms with Gasteiger partial charge in [0.05, 0.1) is 28.3 Å². The van der Waals surface area contributed by atoms with Gasteiger partial charge in [0.15, 0.2) is 4.34 Å². The number of nitrogens with zero attached hydrogens (tertiary/aromatic N) is 3. The number of halogens is 3. The third kappa shape index (κ3) is 6.25. The first-order valence-electron chi connectivity index (χ1n) is 12.5. The number of rotatable bonds is 9. The fourth-order valence-electron chi connectivity index (χ4n) is 4.20. The van der Waals surface area contributed by atoms with Crippen LogP contribution in [0, 0.1) is 5.82 Å². The summed E-state index contributed by atoms with van der Waals surface area (Å²) in [7, 11) is 0. The Morgan fingerprint density at radius 3 is 2.46 bits per heavy atom. The van der Waals surface area contributed by atoms with Gasteiger partial charge in [0.25, 0.3) is 5.78 Å². The van der Waals surface area contributed by atoms with Crippen LogP contribution in [0.25, 0.3) is 5.76 Å². The van der Waals surface area contributed by atoms with Gasteiger partial charge in [0.1, 0.15) is 17.3 Å². The van der Waals surface area contributed by atoms with Crippen molar-refractivity contribution in [3.8, 4) is 5.75 Å². The van der Waals surface area contributed by atoms with E-state index < -0.39 is 17.7 Å². The van der Waals surface area contributed by atoms with E-state index in [1.165, 1.54) is 28.8 Å². The van der Waals surface area contributed by atoms with Crippen LogP contribution >= 0.6 is 46.3 Å². The minimum Gasteiger partial charge on any atom is -0.507 e. The van der Waals surface area contributed by atoms with Gasteiger partial charge in [0, 0.05) is 11.3 Å². The SMILES string of the molecule is CCCOc1ccc(/C(O)=C2/C(=O)C(=O)N(c3nnc(SCc4ccc(F)cc4)s3)C2c2ccc(Cl)c(Cl)c2)cc1. The molecule has 3 aromatic carbocycles. The number of thioether (sulfide) groups is 1. The number of Topliss-reactive ketones (excluding diaryl/α,β-unsaturated/α-hetero) is 1. The Hall–Kier alpha value is -3.44. The van der Waals surface area contributed by atoms with E-state index >= 15 is 0 Å². The molecule has 0 bridgehead atoms. The molecule has 12 heteroatoms. The molecule has 1 aromatic heterocycles. The molecule has 1 unspecified atom stereocenters. The molecule has 1 amide bonds. The van der Waals surface area contributed by atoms with Crippen molar-refractivity contribution in [2.75, 3.05) is 11.5 Å². The number of aliphatic hydroxyl groups is 1. The van der Waals surface area contributed by atoms with E-state index in [0.717, 1.165) is 23.3 Å². The number of benzene rings is 3. The quantitative estimate of drug-likeness (QED) is 0.0667. The lowest BCUT2D eigenvalue weighted by Crippen LogP contribution is -2.29. The first-order valence-corrected chi connectivity index (χ1v) is 15.0. The first kappa shape index (κ1) is 29.1. The van der Waals surface area contributed by atoms with Gasteiger partial charge in [-0.25, -0.2) is 4.39 Å². The van der Waals surface area contributed by atoms with Gasteiger partial charge < -0.3 is 9.84 Å². The van der Waals surface area contributed by atoms with Crippen molar-refractivity contribution in [3.63, 3.8) is 0 Å². The van der Waals surface area contributed by atoms with Crippen LogP contribution in [0.4, 0.5) is 9.52 Å². The van der Waals surface area contributed by atoms with E-state index in [0.29, 0.717) is 38.6 Å². The van der Waals surface area contributed by atoms with Crippen molar-refractivity contribution in [2.24, 2.45) is 0 Å². The summed E-state index contributed by atoms with van der Waals surface area (Å²) in [4.78, 5) is 28.1. The lowest BCUT2D eigenvalue weighted by Gasteiger charge is -2.23. The fraction of sp³-hybridized carbons (Fsp3) is 0.172. The molecule has 0 aliphatic carbocycles. The van der Waals surface area contributed by atoms with Crippen molar-refractivity contribution in [1.29, 1.82) is 0 Å². The smallest absolute Gasteiger partial charge is 0.301 e. The molecule has 2 heterocycles. The monoisotopic (exact) mass is 629 g/mol. The normalized spacial score (nSPS) is 16.4. The predicted octanol–water partition coefficient (Wildman–Crippen LogP) is 7.69. The molecule has 1 aliphatic heterocycles. The number of anilines is 1. The third-order valence-corrected chi connectivity index (χ3v) is 9.05. The molecule has 1 aliphatic rings. The number of amides is 1. The average Bonchev–Trinajstić information content (AvgIpc) is 3.55. The van der Waals surface area contributed by atoms with Crippen LogP contribution in [-0.4, -0.2) is 33.6 Å². The van der Waals surface area contributed by atoms with Crippen LogP contribution in [0.2, 0.25) is 10.0 Å². The largest absolute Gasteiger partial charge is 0.507 e. The number of ether oxygens (including phenoxy) is 1. The topological polar surface area (TPSA) is 92.6 Å². The molecule has 4 aromatic rings. The summed E-state index contributed by atoms with van der Waals surface area (Å²) in [6.07, 6.45) is 0.840. The van der Waals surface area contributed by atoms with Gasteiger partial charge in [-0.3, -0.25) is 14.5 Å². The second-order valence-corrected chi connectivity index (χ2v) is 12.0. The molecule has 0 spiro atoms. The van der Waals surface area contributed by atoms with E-state index in [1.54, 1.807) is 54.6 Å². The summed E-state index contributed by atoms with van der Waals surface area (Å²) >= 11 is 14.9. The number of aromatic nitrogens is 2. The lowest BCUT2D eigenvalue weighted by molar-refractivity contribution is -0.132. The maximum atomic E-state index is 13.4. The first-order chi connectivity index (χ1) is 19.8. The highest BCUT2D eigenvalue weighted by Crippen LogP contribution is 2.45. The summed E-state index contributed by atoms with van der Waals surface area (Å²) in [5.41, 5.74) is 1.56. The standard InChI is InChI=1S/C29H22Cl2FN3O4S2/c1-2-13-39-20-10-5-17(6-11-20)25(36)23-24(18-7-12-21(30)22(31)14-18)35(27(38)26(23)37)28-33-34-29(41-28)40-15-16-3-8-19(32)9-4-16/h3-12,14,24,36H,2,13,15H2,1H3/b25-23-. The molecule has 1 atom stereocenters. The minimum atomic E-state index is -1.04. The second kappa shape index (κ2) is 12.6. The third-order valence-electron chi connectivity index (χ3n) is 6.18. The highest BCUT2D eigenvalue weighted by Gasteiger charge is 2.48. The zero-order valence-corrected chi connectivity index (χ0v) is 24.7. The van der Waals surface area contributed by atoms with E-state index in [2.05, 4.69) is 10.2 Å². The van der Waals surface area contributed by atoms with Crippen molar-refractivity contribution in [3.05, 3.63) is 105 Å². The van der Waals surface area contributed by atoms with Crippen molar-refractivity contribution in [1.82, 2.24) is 10.2 Å². The van der Waals surface area contributed by atoms with Crippen LogP contribution in [0.15, 0.2) is 76.6 Å². The number of ketones is 1. The van der Waals surface area contributed by atoms with E-state index in [9.17, 15) is 19.1 Å². The van der Waals surface area contributed by atoms with Crippen molar-refractivity contribution < 1.29 is 23.8 Å². The Morgan fingerprint density at radius 2 is 1.78 bits per heavy atom. The Balaban J connectivity index is 1.52. The Labute approximate surface area is 253 Å². The summed E-state index contributed by atoms with van der Waals surface area (Å²) < 4.78 is 19.4. The van der Waals surface area contributed by atoms with Gasteiger partial charge in [-0.1, -0.05) is 71.4 Å². The predicted molar refractivity (Wildman–Crippen MR) is 159 cm³/mol. The molecule has 1 saturated heterocycles. The van der Waals surface area contributed by atoms with Crippen LogP contribution in [0.3, 0.4) is 0 Å². The van der Waals surface area contributed by atoms with Crippen molar-refractivity contribution >= 4 is 68.9 Å². The number of hydrogen-bond acceptors (Lipinski definition) is 8. The molecular weight excluding hydrogens is 608 g/mol. The number of carbonyl (C=O) groups excluding carboxylic acids is 2. The highest BCUT2D eigenvalue weighted by atomic mass is 35.5. The van der Waals surface area contributed by atoms with Crippen LogP contribution < -0.4 is 9.64 Å². The highest BCUT2D eigenvalue weighted by molar-refractivity contribution is 8.00. The average molecular weight is 631 g/mol. The lowest BCUT2D eigenvalue weighted by atomic mass is 9.95. The van der Waals surface area contributed by atoms with Gasteiger partial charge >= 0.3 is 5.91 Å². The van der Waals surface area contributed by atoms with Gasteiger partial charge in [-0.2, -0.15) is 0 Å². The summed E-state index contributed by atoms with van der Waals surface area (Å²) in [5.74, 6) is -1.29. The Bertz CT molecular complexity index is 1630. The minimum absolute atomic E-state index is 0.119. The molecular formula is C29H22Cl2FN3O4S2. The maximum absolute atomic E-state index is 13.4. The fourth-order valence-corrected chi connectivity index (χ4v) is 6.33. The van der Waals surface area contributed by atoms with Crippen LogP contribution in [-0.2, 0) is 15.3 Å². The Morgan fingerprint density at radius 1 is 1.05 bits per heavy atom. The van der Waals surface area contributed by atoms with Gasteiger partial charge in [0.2, 0.25) is 5.13 Å². The van der Waals surface area contributed by atoms with Gasteiger partial charge in [-0.15, -0.1) is 10.2 Å². The van der Waals surface area contributed by atoms with Crippen LogP contribution in [0.1, 0.15) is 36.1 Å². The number of hydrogen-bond donors (Lipinski definition) is 1. The molecule has 1 fully saturated rings. The van der Waals surface area contributed by atoms with Crippen molar-refractivity contribution in [2.45, 2.75) is 29.5 Å². The molecule has 0 saturated carbocycles. The maximum Gasteiger partial charge on any atom is 0.301 e. The second-order valence-electron chi connectivity index (χ2n) is 8.98. The molecule has 210 valence electrons. The molecule has 5 rings (SSSR count). The van der Waals surface area contributed by atoms with Crippen LogP contribution in [0.5, 0.6) is 5.75 Å².